The summed E-state index contributed by atoms with van der Waals surface area (Å²) < 4.78 is 39.3. The van der Waals surface area contributed by atoms with E-state index in [9.17, 15) is 12.8 Å². The van der Waals surface area contributed by atoms with Crippen molar-refractivity contribution < 1.29 is 12.8 Å². The number of nitrogens with one attached hydrogen (secondary N) is 3. The number of aromatic nitrogens is 2. The molecule has 5 N–H and O–H groups in total. The molecule has 1 aromatic heterocycles. The molecule has 9 heteroatoms. The first-order valence-electron chi connectivity index (χ1n) is 5.06. The molecule has 0 saturated carbocycles. The highest BCUT2D eigenvalue weighted by Gasteiger charge is 2.16. The van der Waals surface area contributed by atoms with E-state index >= 15 is 0 Å². The number of nitrogen functional groups attached to an aromatic ring is 1. The number of benzene rings is 1. The standard InChI is InChI=1S/C10H10FN5O2S/c11-8-2-1-6(5-7(8)10(12)13)16-19(17,18)9-3-4-14-15-9/h1-5,16H,(H3,12,13)(H,14,15). The molecule has 1 heterocycles. The molecule has 0 aliphatic rings. The van der Waals surface area contributed by atoms with Crippen LogP contribution >= 0.6 is 0 Å². The van der Waals surface area contributed by atoms with Gasteiger partial charge in [0.15, 0.2) is 5.03 Å². The summed E-state index contributed by atoms with van der Waals surface area (Å²) in [6.07, 6.45) is 1.29. The van der Waals surface area contributed by atoms with Crippen molar-refractivity contribution in [3.63, 3.8) is 0 Å². The molecule has 0 aliphatic carbocycles. The minimum Gasteiger partial charge on any atom is -0.384 e. The molecular formula is C10H10FN5O2S. The second kappa shape index (κ2) is 4.69. The molecule has 0 radical (unpaired) electrons. The van der Waals surface area contributed by atoms with Crippen LogP contribution in [0.2, 0.25) is 0 Å². The van der Waals surface area contributed by atoms with Gasteiger partial charge < -0.3 is 5.73 Å². The number of aromatic amines is 1. The third-order valence-electron chi connectivity index (χ3n) is 2.27. The Hall–Kier alpha value is -2.42. The van der Waals surface area contributed by atoms with Gasteiger partial charge in [-0.2, -0.15) is 13.5 Å². The molecule has 100 valence electrons. The third kappa shape index (κ3) is 2.71. The van der Waals surface area contributed by atoms with Crippen molar-refractivity contribution in [2.24, 2.45) is 5.73 Å². The number of amidine groups is 1. The van der Waals surface area contributed by atoms with Crippen molar-refractivity contribution in [2.75, 3.05) is 4.72 Å². The van der Waals surface area contributed by atoms with Gasteiger partial charge in [-0.15, -0.1) is 0 Å². The second-order valence-corrected chi connectivity index (χ2v) is 5.29. The van der Waals surface area contributed by atoms with E-state index in [1.54, 1.807) is 0 Å². The SMILES string of the molecule is N=C(N)c1cc(NS(=O)(=O)c2ccn[nH]2)ccc1F. The van der Waals surface area contributed by atoms with E-state index in [1.807, 2.05) is 0 Å². The average molecular weight is 283 g/mol. The number of hydrogen-bond acceptors (Lipinski definition) is 4. The van der Waals surface area contributed by atoms with Gasteiger partial charge in [0, 0.05) is 5.69 Å². The van der Waals surface area contributed by atoms with Gasteiger partial charge in [-0.05, 0) is 24.3 Å². The lowest BCUT2D eigenvalue weighted by molar-refractivity contribution is 0.597. The highest BCUT2D eigenvalue weighted by atomic mass is 32.2. The first kappa shape index (κ1) is 13.0. The van der Waals surface area contributed by atoms with Crippen molar-refractivity contribution in [1.82, 2.24) is 10.2 Å². The van der Waals surface area contributed by atoms with Crippen LogP contribution in [0.4, 0.5) is 10.1 Å². The Bertz CT molecular complexity index is 712. The number of H-pyrrole nitrogens is 1. The lowest BCUT2D eigenvalue weighted by Crippen LogP contribution is -2.16. The molecule has 0 aliphatic heterocycles. The third-order valence-corrected chi connectivity index (χ3v) is 3.58. The van der Waals surface area contributed by atoms with Crippen LogP contribution in [-0.2, 0) is 10.0 Å². The number of anilines is 1. The van der Waals surface area contributed by atoms with E-state index in [1.165, 1.54) is 18.3 Å². The zero-order valence-corrected chi connectivity index (χ0v) is 10.3. The van der Waals surface area contributed by atoms with E-state index in [-0.39, 0.29) is 16.3 Å². The minimum absolute atomic E-state index is 0.0983. The molecule has 0 unspecified atom stereocenters. The molecule has 0 atom stereocenters. The maximum atomic E-state index is 13.3. The van der Waals surface area contributed by atoms with Crippen molar-refractivity contribution in [3.05, 3.63) is 41.8 Å². The summed E-state index contributed by atoms with van der Waals surface area (Å²) in [5, 5.41) is 12.9. The van der Waals surface area contributed by atoms with Gasteiger partial charge in [0.25, 0.3) is 10.0 Å². The Labute approximate surface area is 108 Å². The topological polar surface area (TPSA) is 125 Å². The molecule has 0 saturated heterocycles. The van der Waals surface area contributed by atoms with Gasteiger partial charge >= 0.3 is 0 Å². The molecule has 2 rings (SSSR count). The fourth-order valence-corrected chi connectivity index (χ4v) is 2.36. The number of rotatable bonds is 4. The van der Waals surface area contributed by atoms with Crippen molar-refractivity contribution in [1.29, 1.82) is 5.41 Å². The van der Waals surface area contributed by atoms with Gasteiger partial charge in [-0.3, -0.25) is 15.2 Å². The maximum absolute atomic E-state index is 13.3. The zero-order chi connectivity index (χ0) is 14.0. The minimum atomic E-state index is -3.83. The fourth-order valence-electron chi connectivity index (χ4n) is 1.40. The lowest BCUT2D eigenvalue weighted by atomic mass is 10.2. The monoisotopic (exact) mass is 283 g/mol. The van der Waals surface area contributed by atoms with Crippen LogP contribution in [0.15, 0.2) is 35.5 Å². The lowest BCUT2D eigenvalue weighted by Gasteiger charge is -2.08. The number of halogens is 1. The molecule has 0 spiro atoms. The normalized spacial score (nSPS) is 11.2. The van der Waals surface area contributed by atoms with E-state index in [4.69, 9.17) is 11.1 Å². The summed E-state index contributed by atoms with van der Waals surface area (Å²) >= 11 is 0. The Morgan fingerprint density at radius 1 is 1.42 bits per heavy atom. The highest BCUT2D eigenvalue weighted by Crippen LogP contribution is 2.17. The van der Waals surface area contributed by atoms with Crippen molar-refractivity contribution >= 4 is 21.5 Å². The molecule has 0 bridgehead atoms. The Morgan fingerprint density at radius 3 is 2.74 bits per heavy atom. The van der Waals surface area contributed by atoms with Crippen LogP contribution in [0, 0.1) is 11.2 Å². The summed E-state index contributed by atoms with van der Waals surface area (Å²) in [5.74, 6) is -1.18. The summed E-state index contributed by atoms with van der Waals surface area (Å²) in [6, 6.07) is 4.68. The predicted octanol–water partition coefficient (Wildman–Crippen LogP) is 0.634. The van der Waals surface area contributed by atoms with Gasteiger partial charge in [0.1, 0.15) is 11.7 Å². The Kier molecular flexibility index (Phi) is 3.21. The van der Waals surface area contributed by atoms with Crippen molar-refractivity contribution in [2.45, 2.75) is 5.03 Å². The van der Waals surface area contributed by atoms with Crippen molar-refractivity contribution in [3.8, 4) is 0 Å². The summed E-state index contributed by atoms with van der Waals surface area (Å²) in [5.41, 5.74) is 5.11. The zero-order valence-electron chi connectivity index (χ0n) is 9.51. The predicted molar refractivity (Wildman–Crippen MR) is 66.8 cm³/mol. The average Bonchev–Trinajstić information content (AvgIpc) is 2.85. The van der Waals surface area contributed by atoms with Crippen LogP contribution in [0.3, 0.4) is 0 Å². The Balaban J connectivity index is 2.35. The second-order valence-electron chi connectivity index (χ2n) is 3.63. The van der Waals surface area contributed by atoms with E-state index in [2.05, 4.69) is 14.9 Å². The summed E-state index contributed by atoms with van der Waals surface area (Å²) in [7, 11) is -3.83. The summed E-state index contributed by atoms with van der Waals surface area (Å²) in [6.45, 7) is 0. The molecule has 0 amide bonds. The van der Waals surface area contributed by atoms with Crippen LogP contribution in [0.25, 0.3) is 0 Å². The van der Waals surface area contributed by atoms with Gasteiger partial charge in [0.2, 0.25) is 0 Å². The number of nitrogens with zero attached hydrogens (tertiary/aromatic N) is 1. The first-order valence-corrected chi connectivity index (χ1v) is 6.54. The van der Waals surface area contributed by atoms with Crippen LogP contribution in [0.5, 0.6) is 0 Å². The molecule has 2 aromatic rings. The molecule has 19 heavy (non-hydrogen) atoms. The van der Waals surface area contributed by atoms with Gasteiger partial charge in [-0.25, -0.2) is 4.39 Å². The fraction of sp³-hybridized carbons (Fsp3) is 0. The smallest absolute Gasteiger partial charge is 0.278 e. The number of sulfonamides is 1. The number of hydrogen-bond donors (Lipinski definition) is 4. The quantitative estimate of drug-likeness (QED) is 0.485. The van der Waals surface area contributed by atoms with Gasteiger partial charge in [0.05, 0.1) is 11.8 Å². The molecule has 1 aromatic carbocycles. The number of nitrogens with two attached hydrogens (primary N) is 1. The van der Waals surface area contributed by atoms with Crippen LogP contribution in [-0.4, -0.2) is 24.5 Å². The first-order chi connectivity index (χ1) is 8.90. The van der Waals surface area contributed by atoms with Crippen LogP contribution in [0.1, 0.15) is 5.56 Å². The molecule has 7 nitrogen and oxygen atoms in total. The maximum Gasteiger partial charge on any atom is 0.278 e. The molecule has 0 fully saturated rings. The van der Waals surface area contributed by atoms with Crippen LogP contribution < -0.4 is 10.5 Å². The van der Waals surface area contributed by atoms with E-state index < -0.39 is 21.7 Å². The largest absolute Gasteiger partial charge is 0.384 e. The molecular weight excluding hydrogens is 273 g/mol. The van der Waals surface area contributed by atoms with E-state index in [0.717, 1.165) is 12.1 Å². The Morgan fingerprint density at radius 2 is 2.16 bits per heavy atom. The highest BCUT2D eigenvalue weighted by molar-refractivity contribution is 7.92. The van der Waals surface area contributed by atoms with E-state index in [0.29, 0.717) is 0 Å². The summed E-state index contributed by atoms with van der Waals surface area (Å²) in [4.78, 5) is 0. The van der Waals surface area contributed by atoms with Gasteiger partial charge in [-0.1, -0.05) is 0 Å².